The number of nitrogens with two attached hydrogens (primary N) is 1. The second-order valence-corrected chi connectivity index (χ2v) is 4.92. The number of halogens is 1. The zero-order valence-electron chi connectivity index (χ0n) is 10.7. The van der Waals surface area contributed by atoms with Crippen molar-refractivity contribution in [1.29, 1.82) is 0 Å². The summed E-state index contributed by atoms with van der Waals surface area (Å²) in [6.07, 6.45) is 4.29. The van der Waals surface area contributed by atoms with Crippen LogP contribution in [0, 0.1) is 0 Å². The lowest BCUT2D eigenvalue weighted by molar-refractivity contribution is 0.115. The molecule has 0 aliphatic carbocycles. The van der Waals surface area contributed by atoms with Gasteiger partial charge >= 0.3 is 0 Å². The highest BCUT2D eigenvalue weighted by Gasteiger charge is 2.19. The van der Waals surface area contributed by atoms with Crippen LogP contribution in [-0.4, -0.2) is 30.8 Å². The van der Waals surface area contributed by atoms with Gasteiger partial charge in [-0.1, -0.05) is 11.6 Å². The van der Waals surface area contributed by atoms with Crippen molar-refractivity contribution < 1.29 is 4.74 Å². The van der Waals surface area contributed by atoms with Gasteiger partial charge < -0.3 is 15.4 Å². The Kier molecular flexibility index (Phi) is 4.80. The Morgan fingerprint density at radius 3 is 3.06 bits per heavy atom. The van der Waals surface area contributed by atoms with E-state index in [9.17, 15) is 0 Å². The molecule has 0 aromatic carbocycles. The van der Waals surface area contributed by atoms with E-state index in [-0.39, 0.29) is 0 Å². The van der Waals surface area contributed by atoms with Crippen LogP contribution in [0.25, 0.3) is 0 Å². The topological polar surface area (TPSA) is 51.4 Å². The van der Waals surface area contributed by atoms with E-state index in [1.807, 2.05) is 6.07 Å². The van der Waals surface area contributed by atoms with Gasteiger partial charge in [-0.3, -0.25) is 0 Å². The van der Waals surface area contributed by atoms with Crippen molar-refractivity contribution in [1.82, 2.24) is 4.98 Å². The Bertz CT molecular complexity index is 394. The SMILES string of the molecule is CCN(CC1CCCO1)c1cc(CN)c(Cl)cn1. The summed E-state index contributed by atoms with van der Waals surface area (Å²) in [5.41, 5.74) is 6.61. The summed E-state index contributed by atoms with van der Waals surface area (Å²) < 4.78 is 5.67. The predicted molar refractivity (Wildman–Crippen MR) is 74.0 cm³/mol. The van der Waals surface area contributed by atoms with Crippen LogP contribution in [0.4, 0.5) is 5.82 Å². The van der Waals surface area contributed by atoms with E-state index in [4.69, 9.17) is 22.1 Å². The van der Waals surface area contributed by atoms with Crippen LogP contribution in [0.15, 0.2) is 12.3 Å². The molecule has 0 bridgehead atoms. The highest BCUT2D eigenvalue weighted by Crippen LogP contribution is 2.22. The van der Waals surface area contributed by atoms with Gasteiger partial charge in [-0.25, -0.2) is 4.98 Å². The molecule has 1 fully saturated rings. The van der Waals surface area contributed by atoms with E-state index in [0.29, 0.717) is 17.7 Å². The Hall–Kier alpha value is -0.840. The minimum atomic E-state index is 0.323. The Morgan fingerprint density at radius 2 is 2.44 bits per heavy atom. The number of anilines is 1. The molecule has 2 rings (SSSR count). The fraction of sp³-hybridized carbons (Fsp3) is 0.615. The predicted octanol–water partition coefficient (Wildman–Crippen LogP) is 2.20. The summed E-state index contributed by atoms with van der Waals surface area (Å²) in [5, 5.41) is 0.634. The molecule has 1 aliphatic rings. The summed E-state index contributed by atoms with van der Waals surface area (Å²) in [6, 6.07) is 1.97. The molecule has 0 saturated carbocycles. The zero-order chi connectivity index (χ0) is 13.0. The fourth-order valence-electron chi connectivity index (χ4n) is 2.22. The summed E-state index contributed by atoms with van der Waals surface area (Å²) in [5.74, 6) is 0.929. The molecule has 1 aliphatic heterocycles. The number of hydrogen-bond donors (Lipinski definition) is 1. The minimum Gasteiger partial charge on any atom is -0.376 e. The first kappa shape index (κ1) is 13.6. The molecular weight excluding hydrogens is 250 g/mol. The van der Waals surface area contributed by atoms with Crippen LogP contribution in [0.1, 0.15) is 25.3 Å². The molecule has 1 unspecified atom stereocenters. The van der Waals surface area contributed by atoms with Crippen LogP contribution in [-0.2, 0) is 11.3 Å². The van der Waals surface area contributed by atoms with E-state index in [0.717, 1.165) is 43.9 Å². The molecule has 1 saturated heterocycles. The van der Waals surface area contributed by atoms with Crippen LogP contribution >= 0.6 is 11.6 Å². The van der Waals surface area contributed by atoms with E-state index in [2.05, 4.69) is 16.8 Å². The largest absolute Gasteiger partial charge is 0.376 e. The summed E-state index contributed by atoms with van der Waals surface area (Å²) in [6.45, 7) is 5.22. The number of aromatic nitrogens is 1. The van der Waals surface area contributed by atoms with Gasteiger partial charge in [0, 0.05) is 32.4 Å². The fourth-order valence-corrected chi connectivity index (χ4v) is 2.40. The maximum absolute atomic E-state index is 6.03. The van der Waals surface area contributed by atoms with Crippen LogP contribution in [0.2, 0.25) is 5.02 Å². The molecule has 4 nitrogen and oxygen atoms in total. The van der Waals surface area contributed by atoms with Crippen molar-refractivity contribution >= 4 is 17.4 Å². The maximum Gasteiger partial charge on any atom is 0.128 e. The monoisotopic (exact) mass is 269 g/mol. The smallest absolute Gasteiger partial charge is 0.128 e. The molecule has 5 heteroatoms. The Balaban J connectivity index is 2.10. The molecule has 2 heterocycles. The lowest BCUT2D eigenvalue weighted by Gasteiger charge is -2.25. The van der Waals surface area contributed by atoms with E-state index >= 15 is 0 Å². The number of likely N-dealkylation sites (N-methyl/N-ethyl adjacent to an activating group) is 1. The summed E-state index contributed by atoms with van der Waals surface area (Å²) in [4.78, 5) is 6.60. The molecule has 1 aromatic rings. The number of rotatable bonds is 5. The second-order valence-electron chi connectivity index (χ2n) is 4.51. The molecule has 1 atom stereocenters. The average Bonchev–Trinajstić information content (AvgIpc) is 2.89. The van der Waals surface area contributed by atoms with Gasteiger partial charge in [0.05, 0.1) is 11.1 Å². The standard InChI is InChI=1S/C13H20ClN3O/c1-2-17(9-11-4-3-5-18-11)13-6-10(7-15)12(14)8-16-13/h6,8,11H,2-5,7,9,15H2,1H3. The van der Waals surface area contributed by atoms with Crippen molar-refractivity contribution in [3.63, 3.8) is 0 Å². The number of pyridine rings is 1. The van der Waals surface area contributed by atoms with E-state index in [1.54, 1.807) is 6.20 Å². The van der Waals surface area contributed by atoms with Crippen molar-refractivity contribution in [2.24, 2.45) is 5.73 Å². The summed E-state index contributed by atoms with van der Waals surface area (Å²) >= 11 is 6.03. The van der Waals surface area contributed by atoms with Gasteiger partial charge in [-0.05, 0) is 31.4 Å². The van der Waals surface area contributed by atoms with Gasteiger partial charge in [-0.2, -0.15) is 0 Å². The van der Waals surface area contributed by atoms with Gasteiger partial charge in [0.25, 0.3) is 0 Å². The first-order chi connectivity index (χ1) is 8.74. The van der Waals surface area contributed by atoms with Gasteiger partial charge in [-0.15, -0.1) is 0 Å². The van der Waals surface area contributed by atoms with Crippen LogP contribution in [0.3, 0.4) is 0 Å². The number of nitrogens with zero attached hydrogens (tertiary/aromatic N) is 2. The molecule has 0 amide bonds. The molecule has 100 valence electrons. The third kappa shape index (κ3) is 3.13. The van der Waals surface area contributed by atoms with Gasteiger partial charge in [0.2, 0.25) is 0 Å². The molecule has 1 aromatic heterocycles. The highest BCUT2D eigenvalue weighted by atomic mass is 35.5. The highest BCUT2D eigenvalue weighted by molar-refractivity contribution is 6.31. The first-order valence-electron chi connectivity index (χ1n) is 6.45. The minimum absolute atomic E-state index is 0.323. The Morgan fingerprint density at radius 1 is 1.61 bits per heavy atom. The van der Waals surface area contributed by atoms with Crippen molar-refractivity contribution in [2.45, 2.75) is 32.4 Å². The van der Waals surface area contributed by atoms with Crippen molar-refractivity contribution in [3.05, 3.63) is 22.8 Å². The van der Waals surface area contributed by atoms with Crippen molar-refractivity contribution in [2.75, 3.05) is 24.6 Å². The molecule has 0 radical (unpaired) electrons. The Labute approximate surface area is 113 Å². The molecule has 0 spiro atoms. The maximum atomic E-state index is 6.03. The van der Waals surface area contributed by atoms with E-state index in [1.165, 1.54) is 0 Å². The van der Waals surface area contributed by atoms with Gasteiger partial charge in [0.15, 0.2) is 0 Å². The average molecular weight is 270 g/mol. The lowest BCUT2D eigenvalue weighted by atomic mass is 10.2. The normalized spacial score (nSPS) is 19.2. The van der Waals surface area contributed by atoms with Crippen LogP contribution in [0.5, 0.6) is 0 Å². The number of hydrogen-bond acceptors (Lipinski definition) is 4. The third-order valence-corrected chi connectivity index (χ3v) is 3.63. The lowest BCUT2D eigenvalue weighted by Crippen LogP contribution is -2.32. The summed E-state index contributed by atoms with van der Waals surface area (Å²) in [7, 11) is 0. The van der Waals surface area contributed by atoms with Gasteiger partial charge in [0.1, 0.15) is 5.82 Å². The van der Waals surface area contributed by atoms with Crippen molar-refractivity contribution in [3.8, 4) is 0 Å². The number of ether oxygens (including phenoxy) is 1. The van der Waals surface area contributed by atoms with E-state index < -0.39 is 0 Å². The zero-order valence-corrected chi connectivity index (χ0v) is 11.5. The molecule has 18 heavy (non-hydrogen) atoms. The molecular formula is C13H20ClN3O. The quantitative estimate of drug-likeness (QED) is 0.890. The molecule has 2 N–H and O–H groups in total. The second kappa shape index (κ2) is 6.36. The third-order valence-electron chi connectivity index (χ3n) is 3.29. The van der Waals surface area contributed by atoms with Crippen LogP contribution < -0.4 is 10.6 Å². The first-order valence-corrected chi connectivity index (χ1v) is 6.83.